The molecule has 1 unspecified atom stereocenters. The van der Waals surface area contributed by atoms with Crippen LogP contribution in [0.2, 0.25) is 0 Å². The normalized spacial score (nSPS) is 17.6. The minimum atomic E-state index is -0.243. The molecule has 1 saturated heterocycles. The van der Waals surface area contributed by atoms with Gasteiger partial charge >= 0.3 is 0 Å². The Balaban J connectivity index is 1.90. The van der Waals surface area contributed by atoms with E-state index in [0.29, 0.717) is 19.5 Å². The molecular weight excluding hydrogens is 290 g/mol. The molecule has 2 N–H and O–H groups in total. The van der Waals surface area contributed by atoms with Crippen molar-refractivity contribution in [1.82, 2.24) is 10.6 Å². The average molecular weight is 317 g/mol. The molecule has 0 spiro atoms. The van der Waals surface area contributed by atoms with Crippen molar-refractivity contribution in [2.24, 2.45) is 5.92 Å². The molecule has 1 aromatic rings. The zero-order chi connectivity index (χ0) is 16.7. The zero-order valence-corrected chi connectivity index (χ0v) is 14.1. The molecular formula is C18H27N3O2. The summed E-state index contributed by atoms with van der Waals surface area (Å²) in [6.07, 6.45) is 3.35. The summed E-state index contributed by atoms with van der Waals surface area (Å²) in [4.78, 5) is 26.1. The summed E-state index contributed by atoms with van der Waals surface area (Å²) in [5.41, 5.74) is 2.17. The maximum absolute atomic E-state index is 12.2. The highest BCUT2D eigenvalue weighted by Gasteiger charge is 2.34. The fourth-order valence-corrected chi connectivity index (χ4v) is 2.89. The minimum absolute atomic E-state index is 0.0143. The first-order valence-electron chi connectivity index (χ1n) is 8.47. The fraction of sp³-hybridized carbons (Fsp3) is 0.556. The maximum Gasteiger partial charge on any atom is 0.227 e. The molecule has 5 nitrogen and oxygen atoms in total. The van der Waals surface area contributed by atoms with Gasteiger partial charge in [0, 0.05) is 25.2 Å². The lowest BCUT2D eigenvalue weighted by Gasteiger charge is -2.17. The van der Waals surface area contributed by atoms with E-state index in [2.05, 4.69) is 29.7 Å². The topological polar surface area (TPSA) is 61.4 Å². The largest absolute Gasteiger partial charge is 0.356 e. The van der Waals surface area contributed by atoms with Crippen molar-refractivity contribution in [3.8, 4) is 0 Å². The highest BCUT2D eigenvalue weighted by Crippen LogP contribution is 2.25. The molecule has 1 aliphatic heterocycles. The van der Waals surface area contributed by atoms with E-state index in [1.807, 2.05) is 19.2 Å². The standard InChI is InChI=1S/C18H27N3O2/c1-3-5-14-6-8-16(9-7-14)21-13-15(12-17(21)22)18(23)20-11-4-10-19-2/h6-9,15,19H,3-5,10-13H2,1-2H3,(H,20,23). The van der Waals surface area contributed by atoms with Crippen LogP contribution in [0.5, 0.6) is 0 Å². The number of carbonyl (C=O) groups is 2. The van der Waals surface area contributed by atoms with Gasteiger partial charge in [-0.25, -0.2) is 0 Å². The zero-order valence-electron chi connectivity index (χ0n) is 14.1. The van der Waals surface area contributed by atoms with Crippen LogP contribution in [-0.4, -0.2) is 38.5 Å². The van der Waals surface area contributed by atoms with Gasteiger partial charge in [0.2, 0.25) is 11.8 Å². The van der Waals surface area contributed by atoms with Gasteiger partial charge in [0.05, 0.1) is 5.92 Å². The van der Waals surface area contributed by atoms with Crippen molar-refractivity contribution >= 4 is 17.5 Å². The number of anilines is 1. The van der Waals surface area contributed by atoms with Gasteiger partial charge in [0.15, 0.2) is 0 Å². The molecule has 2 rings (SSSR count). The molecule has 0 bridgehead atoms. The van der Waals surface area contributed by atoms with E-state index in [-0.39, 0.29) is 17.7 Å². The van der Waals surface area contributed by atoms with E-state index in [1.165, 1.54) is 5.56 Å². The van der Waals surface area contributed by atoms with E-state index in [1.54, 1.807) is 4.90 Å². The summed E-state index contributed by atoms with van der Waals surface area (Å²) < 4.78 is 0. The Morgan fingerprint density at radius 1 is 1.26 bits per heavy atom. The Hall–Kier alpha value is -1.88. The molecule has 1 atom stereocenters. The molecule has 126 valence electrons. The van der Waals surface area contributed by atoms with Gasteiger partial charge in [-0.05, 0) is 44.1 Å². The van der Waals surface area contributed by atoms with Crippen LogP contribution >= 0.6 is 0 Å². The number of rotatable bonds is 8. The third kappa shape index (κ3) is 4.79. The van der Waals surface area contributed by atoms with Gasteiger partial charge in [-0.15, -0.1) is 0 Å². The minimum Gasteiger partial charge on any atom is -0.356 e. The molecule has 0 aliphatic carbocycles. The van der Waals surface area contributed by atoms with E-state index in [4.69, 9.17) is 0 Å². The van der Waals surface area contributed by atoms with E-state index in [9.17, 15) is 9.59 Å². The summed E-state index contributed by atoms with van der Waals surface area (Å²) in [6.45, 7) is 4.15. The van der Waals surface area contributed by atoms with Crippen LogP contribution in [0.3, 0.4) is 0 Å². The highest BCUT2D eigenvalue weighted by atomic mass is 16.2. The van der Waals surface area contributed by atoms with Gasteiger partial charge in [0.1, 0.15) is 0 Å². The van der Waals surface area contributed by atoms with Gasteiger partial charge < -0.3 is 15.5 Å². The third-order valence-corrected chi connectivity index (χ3v) is 4.19. The van der Waals surface area contributed by atoms with Crippen LogP contribution in [-0.2, 0) is 16.0 Å². The molecule has 5 heteroatoms. The first-order chi connectivity index (χ1) is 11.2. The number of hydrogen-bond donors (Lipinski definition) is 2. The lowest BCUT2D eigenvalue weighted by atomic mass is 10.1. The SMILES string of the molecule is CCCc1ccc(N2CC(C(=O)NCCCNC)CC2=O)cc1. The van der Waals surface area contributed by atoms with Crippen LogP contribution < -0.4 is 15.5 Å². The Kier molecular flexibility index (Phi) is 6.59. The fourth-order valence-electron chi connectivity index (χ4n) is 2.89. The lowest BCUT2D eigenvalue weighted by Crippen LogP contribution is -2.34. The first kappa shape index (κ1) is 17.5. The monoisotopic (exact) mass is 317 g/mol. The quantitative estimate of drug-likeness (QED) is 0.718. The molecule has 1 heterocycles. The summed E-state index contributed by atoms with van der Waals surface area (Å²) in [6, 6.07) is 8.10. The number of carbonyl (C=O) groups excluding carboxylic acids is 2. The molecule has 2 amide bonds. The number of benzene rings is 1. The third-order valence-electron chi connectivity index (χ3n) is 4.19. The van der Waals surface area contributed by atoms with Crippen molar-refractivity contribution < 1.29 is 9.59 Å². The van der Waals surface area contributed by atoms with E-state index in [0.717, 1.165) is 31.5 Å². The molecule has 0 aromatic heterocycles. The molecule has 23 heavy (non-hydrogen) atoms. The van der Waals surface area contributed by atoms with Gasteiger partial charge in [-0.2, -0.15) is 0 Å². The molecule has 0 radical (unpaired) electrons. The van der Waals surface area contributed by atoms with Crippen molar-refractivity contribution in [1.29, 1.82) is 0 Å². The van der Waals surface area contributed by atoms with Gasteiger partial charge in [-0.3, -0.25) is 9.59 Å². The van der Waals surface area contributed by atoms with Crippen molar-refractivity contribution in [3.63, 3.8) is 0 Å². The molecule has 1 aromatic carbocycles. The molecule has 1 fully saturated rings. The van der Waals surface area contributed by atoms with Gasteiger partial charge in [0.25, 0.3) is 0 Å². The van der Waals surface area contributed by atoms with E-state index >= 15 is 0 Å². The number of nitrogens with zero attached hydrogens (tertiary/aromatic N) is 1. The number of hydrogen-bond acceptors (Lipinski definition) is 3. The number of aryl methyl sites for hydroxylation is 1. The lowest BCUT2D eigenvalue weighted by molar-refractivity contribution is -0.126. The summed E-state index contributed by atoms with van der Waals surface area (Å²) in [7, 11) is 1.89. The molecule has 1 aliphatic rings. The summed E-state index contributed by atoms with van der Waals surface area (Å²) in [5, 5.41) is 5.97. The van der Waals surface area contributed by atoms with Crippen LogP contribution in [0.25, 0.3) is 0 Å². The second-order valence-corrected chi connectivity index (χ2v) is 6.07. The maximum atomic E-state index is 12.2. The Bertz CT molecular complexity index is 528. The summed E-state index contributed by atoms with van der Waals surface area (Å²) in [5.74, 6) is -0.226. The van der Waals surface area contributed by atoms with Crippen LogP contribution in [0.15, 0.2) is 24.3 Å². The molecule has 0 saturated carbocycles. The van der Waals surface area contributed by atoms with Crippen molar-refractivity contribution in [2.75, 3.05) is 31.6 Å². The second-order valence-electron chi connectivity index (χ2n) is 6.07. The van der Waals surface area contributed by atoms with E-state index < -0.39 is 0 Å². The number of nitrogens with one attached hydrogen (secondary N) is 2. The van der Waals surface area contributed by atoms with Crippen LogP contribution in [0, 0.1) is 5.92 Å². The predicted octanol–water partition coefficient (Wildman–Crippen LogP) is 1.72. The van der Waals surface area contributed by atoms with Crippen LogP contribution in [0.1, 0.15) is 31.7 Å². The smallest absolute Gasteiger partial charge is 0.227 e. The Morgan fingerprint density at radius 2 is 2.00 bits per heavy atom. The predicted molar refractivity (Wildman–Crippen MR) is 92.5 cm³/mol. The average Bonchev–Trinajstić information content (AvgIpc) is 2.94. The van der Waals surface area contributed by atoms with Crippen molar-refractivity contribution in [3.05, 3.63) is 29.8 Å². The highest BCUT2D eigenvalue weighted by molar-refractivity contribution is 6.00. The van der Waals surface area contributed by atoms with Gasteiger partial charge in [-0.1, -0.05) is 25.5 Å². The second kappa shape index (κ2) is 8.67. The first-order valence-corrected chi connectivity index (χ1v) is 8.47. The number of amides is 2. The van der Waals surface area contributed by atoms with Crippen molar-refractivity contribution in [2.45, 2.75) is 32.6 Å². The Labute approximate surface area is 138 Å². The summed E-state index contributed by atoms with van der Waals surface area (Å²) >= 11 is 0. The van der Waals surface area contributed by atoms with Crippen LogP contribution in [0.4, 0.5) is 5.69 Å². The Morgan fingerprint density at radius 3 is 2.65 bits per heavy atom.